The molecule has 1 aliphatic carbocycles. The third kappa shape index (κ3) is 4.38. The number of rotatable bonds is 5. The van der Waals surface area contributed by atoms with Crippen LogP contribution in [0.25, 0.3) is 32.8 Å². The molecule has 1 amide bonds. The van der Waals surface area contributed by atoms with Crippen molar-refractivity contribution in [1.29, 1.82) is 0 Å². The summed E-state index contributed by atoms with van der Waals surface area (Å²) in [5.74, 6) is -0.598. The Morgan fingerprint density at radius 2 is 1.51 bits per heavy atom. The number of benzene rings is 4. The van der Waals surface area contributed by atoms with Crippen molar-refractivity contribution in [2.24, 2.45) is 0 Å². The first kappa shape index (κ1) is 23.7. The second kappa shape index (κ2) is 9.65. The number of para-hydroxylation sites is 1. The summed E-state index contributed by atoms with van der Waals surface area (Å²) in [6, 6.07) is 29.0. The van der Waals surface area contributed by atoms with Crippen LogP contribution in [-0.2, 0) is 6.42 Å². The number of halogens is 3. The van der Waals surface area contributed by atoms with Gasteiger partial charge in [0.2, 0.25) is 0 Å². The third-order valence-electron chi connectivity index (χ3n) is 6.48. The molecule has 0 saturated carbocycles. The van der Waals surface area contributed by atoms with E-state index in [1.165, 1.54) is 5.56 Å². The van der Waals surface area contributed by atoms with Gasteiger partial charge in [-0.1, -0.05) is 88.7 Å². The average molecular weight is 573 g/mol. The van der Waals surface area contributed by atoms with E-state index in [9.17, 15) is 13.6 Å². The molecule has 1 heterocycles. The maximum absolute atomic E-state index is 14.1. The fraction of sp³-hybridized carbons (Fsp3) is 0.0667. The standard InChI is InChI=1S/C30H19BrF2N2OS/c31-19-14-12-17(13-15-19)21-8-3-4-11-25(21)34-29(36)27-26(28(32)33)35-30(37-27)23-10-5-9-22-20-7-2-1-6-18(20)16-24(22)23/h1-15,28H,16H2,(H,34,36). The van der Waals surface area contributed by atoms with E-state index in [4.69, 9.17) is 0 Å². The highest BCUT2D eigenvalue weighted by Crippen LogP contribution is 2.43. The molecule has 0 unspecified atom stereocenters. The van der Waals surface area contributed by atoms with Crippen molar-refractivity contribution >= 4 is 38.9 Å². The molecule has 182 valence electrons. The lowest BCUT2D eigenvalue weighted by atomic mass is 10.0. The normalized spacial score (nSPS) is 11.9. The van der Waals surface area contributed by atoms with Crippen LogP contribution in [0.15, 0.2) is 95.5 Å². The molecule has 4 aromatic carbocycles. The number of nitrogens with zero attached hydrogens (tertiary/aromatic N) is 1. The number of hydrogen-bond acceptors (Lipinski definition) is 3. The molecule has 1 aliphatic rings. The van der Waals surface area contributed by atoms with Gasteiger partial charge in [0.15, 0.2) is 0 Å². The molecule has 1 N–H and O–H groups in total. The second-order valence-electron chi connectivity index (χ2n) is 8.71. The number of nitrogens with one attached hydrogen (secondary N) is 1. The molecule has 0 saturated heterocycles. The summed E-state index contributed by atoms with van der Waals surface area (Å²) >= 11 is 4.44. The number of amides is 1. The van der Waals surface area contributed by atoms with Crippen LogP contribution in [0.5, 0.6) is 0 Å². The van der Waals surface area contributed by atoms with Gasteiger partial charge in [-0.05, 0) is 52.4 Å². The molecule has 5 aromatic rings. The van der Waals surface area contributed by atoms with Gasteiger partial charge in [-0.3, -0.25) is 4.79 Å². The number of aromatic nitrogens is 1. The SMILES string of the molecule is O=C(Nc1ccccc1-c1ccc(Br)cc1)c1sc(-c2cccc3c2Cc2ccccc2-3)nc1C(F)F. The van der Waals surface area contributed by atoms with Crippen LogP contribution in [0.2, 0.25) is 0 Å². The minimum Gasteiger partial charge on any atom is -0.321 e. The van der Waals surface area contributed by atoms with E-state index in [-0.39, 0.29) is 4.88 Å². The summed E-state index contributed by atoms with van der Waals surface area (Å²) in [5.41, 5.74) is 7.00. The summed E-state index contributed by atoms with van der Waals surface area (Å²) < 4.78 is 29.1. The molecule has 0 bridgehead atoms. The van der Waals surface area contributed by atoms with Gasteiger partial charge >= 0.3 is 0 Å². The number of alkyl halides is 2. The molecule has 0 fully saturated rings. The van der Waals surface area contributed by atoms with Crippen LogP contribution in [0.3, 0.4) is 0 Å². The van der Waals surface area contributed by atoms with E-state index < -0.39 is 18.0 Å². The summed E-state index contributed by atoms with van der Waals surface area (Å²) in [7, 11) is 0. The Kier molecular flexibility index (Phi) is 6.18. The van der Waals surface area contributed by atoms with Crippen LogP contribution in [0, 0.1) is 0 Å². The van der Waals surface area contributed by atoms with Crippen molar-refractivity contribution in [3.8, 4) is 32.8 Å². The zero-order valence-electron chi connectivity index (χ0n) is 19.3. The minimum atomic E-state index is -2.87. The topological polar surface area (TPSA) is 42.0 Å². The van der Waals surface area contributed by atoms with E-state index in [2.05, 4.69) is 38.4 Å². The molecule has 3 nitrogen and oxygen atoms in total. The van der Waals surface area contributed by atoms with Gasteiger partial charge in [0, 0.05) is 21.3 Å². The number of carbonyl (C=O) groups is 1. The first-order valence-electron chi connectivity index (χ1n) is 11.7. The Bertz CT molecular complexity index is 1650. The quantitative estimate of drug-likeness (QED) is 0.224. The zero-order valence-corrected chi connectivity index (χ0v) is 21.7. The third-order valence-corrected chi connectivity index (χ3v) is 8.11. The van der Waals surface area contributed by atoms with E-state index in [0.29, 0.717) is 17.1 Å². The zero-order chi connectivity index (χ0) is 25.5. The molecule has 6 rings (SSSR count). The Morgan fingerprint density at radius 3 is 2.30 bits per heavy atom. The predicted octanol–water partition coefficient (Wildman–Crippen LogP) is 9.00. The van der Waals surface area contributed by atoms with Crippen molar-refractivity contribution in [3.63, 3.8) is 0 Å². The van der Waals surface area contributed by atoms with Crippen molar-refractivity contribution in [1.82, 2.24) is 4.98 Å². The average Bonchev–Trinajstić information content (AvgIpc) is 3.52. The van der Waals surface area contributed by atoms with Crippen molar-refractivity contribution in [3.05, 3.63) is 117 Å². The number of carbonyl (C=O) groups excluding carboxylic acids is 1. The van der Waals surface area contributed by atoms with Crippen LogP contribution in [0.4, 0.5) is 14.5 Å². The molecule has 0 atom stereocenters. The molecule has 7 heteroatoms. The van der Waals surface area contributed by atoms with E-state index in [0.717, 1.165) is 49.2 Å². The van der Waals surface area contributed by atoms with E-state index >= 15 is 0 Å². The monoisotopic (exact) mass is 572 g/mol. The molecular weight excluding hydrogens is 554 g/mol. The second-order valence-corrected chi connectivity index (χ2v) is 10.6. The summed E-state index contributed by atoms with van der Waals surface area (Å²) in [6.45, 7) is 0. The van der Waals surface area contributed by atoms with E-state index in [1.54, 1.807) is 12.1 Å². The molecule has 1 aromatic heterocycles. The fourth-order valence-corrected chi connectivity index (χ4v) is 6.05. The maximum atomic E-state index is 14.1. The minimum absolute atomic E-state index is 0.0799. The lowest BCUT2D eigenvalue weighted by molar-refractivity contribution is 0.101. The van der Waals surface area contributed by atoms with E-state index in [1.807, 2.05) is 66.7 Å². The van der Waals surface area contributed by atoms with Gasteiger partial charge in [0.05, 0.1) is 0 Å². The lowest BCUT2D eigenvalue weighted by Crippen LogP contribution is -2.13. The number of thiazole rings is 1. The fourth-order valence-electron chi connectivity index (χ4n) is 4.77. The van der Waals surface area contributed by atoms with Crippen LogP contribution < -0.4 is 5.32 Å². The molecule has 37 heavy (non-hydrogen) atoms. The molecule has 0 aliphatic heterocycles. The maximum Gasteiger partial charge on any atom is 0.282 e. The Hall–Kier alpha value is -3.68. The van der Waals surface area contributed by atoms with Crippen LogP contribution in [0.1, 0.15) is 32.9 Å². The van der Waals surface area contributed by atoms with Crippen molar-refractivity contribution in [2.45, 2.75) is 12.8 Å². The largest absolute Gasteiger partial charge is 0.321 e. The van der Waals surface area contributed by atoms with Gasteiger partial charge in [-0.25, -0.2) is 13.8 Å². The molecule has 0 radical (unpaired) electrons. The Labute approximate surface area is 225 Å². The highest BCUT2D eigenvalue weighted by atomic mass is 79.9. The number of hydrogen-bond donors (Lipinski definition) is 1. The first-order chi connectivity index (χ1) is 18.0. The Morgan fingerprint density at radius 1 is 0.838 bits per heavy atom. The highest BCUT2D eigenvalue weighted by Gasteiger charge is 2.28. The number of anilines is 1. The number of fused-ring (bicyclic) bond motifs is 3. The first-order valence-corrected chi connectivity index (χ1v) is 13.3. The molecule has 0 spiro atoms. The summed E-state index contributed by atoms with van der Waals surface area (Å²) in [5, 5.41) is 3.28. The Balaban J connectivity index is 1.37. The summed E-state index contributed by atoms with van der Waals surface area (Å²) in [6.07, 6.45) is -2.17. The van der Waals surface area contributed by atoms with Crippen LogP contribution >= 0.6 is 27.3 Å². The lowest BCUT2D eigenvalue weighted by Gasteiger charge is -2.11. The van der Waals surface area contributed by atoms with Crippen molar-refractivity contribution < 1.29 is 13.6 Å². The van der Waals surface area contributed by atoms with Gasteiger partial charge in [-0.2, -0.15) is 0 Å². The molecular formula is C30H19BrF2N2OS. The van der Waals surface area contributed by atoms with Gasteiger partial charge < -0.3 is 5.32 Å². The van der Waals surface area contributed by atoms with Crippen molar-refractivity contribution in [2.75, 3.05) is 5.32 Å². The summed E-state index contributed by atoms with van der Waals surface area (Å²) in [4.78, 5) is 17.5. The highest BCUT2D eigenvalue weighted by molar-refractivity contribution is 9.10. The van der Waals surface area contributed by atoms with Gasteiger partial charge in [-0.15, -0.1) is 11.3 Å². The van der Waals surface area contributed by atoms with Gasteiger partial charge in [0.25, 0.3) is 12.3 Å². The smallest absolute Gasteiger partial charge is 0.282 e. The van der Waals surface area contributed by atoms with Crippen LogP contribution in [-0.4, -0.2) is 10.9 Å². The van der Waals surface area contributed by atoms with Gasteiger partial charge in [0.1, 0.15) is 15.6 Å². The predicted molar refractivity (Wildman–Crippen MR) is 148 cm³/mol.